The smallest absolute Gasteiger partial charge is 0.254 e. The first-order valence-corrected chi connectivity index (χ1v) is 17.4. The van der Waals surface area contributed by atoms with Crippen LogP contribution in [-0.4, -0.2) is 72.1 Å². The van der Waals surface area contributed by atoms with Gasteiger partial charge in [-0.05, 0) is 56.9 Å². The Morgan fingerprint density at radius 2 is 1.44 bits per heavy atom. The van der Waals surface area contributed by atoms with E-state index in [0.29, 0.717) is 5.56 Å². The number of carbonyl (C=O) groups excluding carboxylic acids is 3. The van der Waals surface area contributed by atoms with Crippen LogP contribution in [0.1, 0.15) is 32.6 Å². The van der Waals surface area contributed by atoms with Crippen molar-refractivity contribution in [3.8, 4) is 0 Å². The van der Waals surface area contributed by atoms with Crippen LogP contribution in [0.3, 0.4) is 0 Å². The van der Waals surface area contributed by atoms with Gasteiger partial charge in [-0.2, -0.15) is 0 Å². The number of fused-ring (bicyclic) bond motifs is 6. The average molecular weight is 588 g/mol. The van der Waals surface area contributed by atoms with Crippen LogP contribution in [0, 0.1) is 0 Å². The van der Waals surface area contributed by atoms with Crippen LogP contribution in [-0.2, 0) is 20.1 Å². The van der Waals surface area contributed by atoms with Gasteiger partial charge < -0.3 is 34.5 Å². The Kier molecular flexibility index (Phi) is 7.19. The first kappa shape index (κ1) is 28.8. The maximum atomic E-state index is 14.3. The molecule has 0 fully saturated rings. The molecule has 0 radical (unpaired) electrons. The van der Waals surface area contributed by atoms with Crippen molar-refractivity contribution in [2.75, 3.05) is 51.1 Å². The van der Waals surface area contributed by atoms with Crippen molar-refractivity contribution in [2.45, 2.75) is 23.6 Å². The number of thioether (sulfide) groups is 1. The van der Waals surface area contributed by atoms with Gasteiger partial charge in [0.1, 0.15) is 8.07 Å². The first-order valence-electron chi connectivity index (χ1n) is 13.4. The van der Waals surface area contributed by atoms with Gasteiger partial charge in [-0.3, -0.25) is 4.79 Å². The van der Waals surface area contributed by atoms with Crippen molar-refractivity contribution in [3.63, 3.8) is 0 Å². The summed E-state index contributed by atoms with van der Waals surface area (Å²) in [5.41, 5.74) is 6.39. The molecule has 5 rings (SSSR count). The standard InChI is InChI=1S/C31H35N3O5SSi/c1-32(2)20-11-12-24-25(14-20)41(5,6)26-15-21(33(3)4)13-22(30(39)34(16-27(35)36)17-28(37)38)29(26)31(24)23-10-8-7-9-19(23)18-40-31/h7-15H,16-18H2,1-6H3,(H,35,36)(H,37,38)/p-2. The molecule has 3 aromatic carbocycles. The third kappa shape index (κ3) is 4.59. The molecule has 10 heteroatoms. The molecule has 1 atom stereocenters. The molecule has 2 aliphatic heterocycles. The molecule has 214 valence electrons. The number of hydrogen-bond donors (Lipinski definition) is 0. The van der Waals surface area contributed by atoms with E-state index < -0.39 is 43.8 Å². The Hall–Kier alpha value is -3.76. The molecule has 2 aliphatic rings. The zero-order valence-electron chi connectivity index (χ0n) is 24.1. The molecule has 3 aromatic rings. The number of amides is 1. The lowest BCUT2D eigenvalue weighted by Crippen LogP contribution is -2.63. The number of carbonyl (C=O) groups is 3. The number of anilines is 2. The van der Waals surface area contributed by atoms with Gasteiger partial charge in [-0.1, -0.05) is 43.4 Å². The monoisotopic (exact) mass is 587 g/mol. The molecule has 8 nitrogen and oxygen atoms in total. The second-order valence-corrected chi connectivity index (χ2v) is 17.1. The van der Waals surface area contributed by atoms with Crippen LogP contribution in [0.25, 0.3) is 0 Å². The third-order valence-electron chi connectivity index (χ3n) is 8.24. The molecule has 0 saturated carbocycles. The predicted octanol–water partition coefficient (Wildman–Crippen LogP) is 0.435. The topological polar surface area (TPSA) is 107 Å². The highest BCUT2D eigenvalue weighted by molar-refractivity contribution is 8.00. The SMILES string of the molecule is CN(C)c1ccc2c(c1)[Si](C)(C)c1cc(N(C)C)cc(C(=O)N(CC(=O)[O-])CC(=O)[O-])c1C21SCc2ccccc21. The van der Waals surface area contributed by atoms with Crippen molar-refractivity contribution >= 4 is 59.4 Å². The second-order valence-electron chi connectivity index (χ2n) is 11.6. The maximum Gasteiger partial charge on any atom is 0.254 e. The molecule has 41 heavy (non-hydrogen) atoms. The summed E-state index contributed by atoms with van der Waals surface area (Å²) in [5.74, 6) is -3.01. The van der Waals surface area contributed by atoms with Gasteiger partial charge in [0.05, 0.1) is 29.8 Å². The van der Waals surface area contributed by atoms with Gasteiger partial charge in [-0.25, -0.2) is 0 Å². The summed E-state index contributed by atoms with van der Waals surface area (Å²) >= 11 is 1.75. The minimum absolute atomic E-state index is 0.306. The van der Waals surface area contributed by atoms with Crippen molar-refractivity contribution in [1.29, 1.82) is 0 Å². The summed E-state index contributed by atoms with van der Waals surface area (Å²) in [6, 6.07) is 18.7. The van der Waals surface area contributed by atoms with Gasteiger partial charge in [0.25, 0.3) is 5.91 Å². The van der Waals surface area contributed by atoms with Gasteiger partial charge in [0.15, 0.2) is 0 Å². The van der Waals surface area contributed by atoms with Crippen LogP contribution in [0.5, 0.6) is 0 Å². The summed E-state index contributed by atoms with van der Waals surface area (Å²) in [7, 11) is 5.35. The lowest BCUT2D eigenvalue weighted by atomic mass is 9.79. The van der Waals surface area contributed by atoms with E-state index in [4.69, 9.17) is 0 Å². The molecule has 0 aliphatic carbocycles. The second kappa shape index (κ2) is 10.3. The largest absolute Gasteiger partial charge is 0.548 e. The van der Waals surface area contributed by atoms with E-state index in [9.17, 15) is 24.6 Å². The van der Waals surface area contributed by atoms with E-state index in [1.165, 1.54) is 10.8 Å². The lowest BCUT2D eigenvalue weighted by Gasteiger charge is -2.46. The molecular formula is C31H33N3O5SSi-2. The Balaban J connectivity index is 1.91. The highest BCUT2D eigenvalue weighted by Gasteiger charge is 2.54. The summed E-state index contributed by atoms with van der Waals surface area (Å²) in [6.45, 7) is 2.84. The summed E-state index contributed by atoms with van der Waals surface area (Å²) in [6.07, 6.45) is 0. The van der Waals surface area contributed by atoms with Crippen LogP contribution >= 0.6 is 11.8 Å². The van der Waals surface area contributed by atoms with Crippen LogP contribution in [0.15, 0.2) is 54.6 Å². The number of benzene rings is 3. The Bertz CT molecular complexity index is 1570. The van der Waals surface area contributed by atoms with Crippen molar-refractivity contribution < 1.29 is 24.6 Å². The summed E-state index contributed by atoms with van der Waals surface area (Å²) in [4.78, 5) is 42.4. The number of nitrogens with zero attached hydrogens (tertiary/aromatic N) is 3. The van der Waals surface area contributed by atoms with Crippen molar-refractivity contribution in [3.05, 3.63) is 82.4 Å². The van der Waals surface area contributed by atoms with E-state index in [-0.39, 0.29) is 0 Å². The van der Waals surface area contributed by atoms with E-state index in [1.54, 1.807) is 17.8 Å². The molecule has 0 aromatic heterocycles. The molecule has 0 bridgehead atoms. The molecule has 0 saturated heterocycles. The highest BCUT2D eigenvalue weighted by atomic mass is 32.2. The quantitative estimate of drug-likeness (QED) is 0.367. The van der Waals surface area contributed by atoms with Crippen LogP contribution in [0.4, 0.5) is 11.4 Å². The molecular weight excluding hydrogens is 555 g/mol. The third-order valence-corrected chi connectivity index (χ3v) is 13.3. The molecule has 1 amide bonds. The Morgan fingerprint density at radius 1 is 0.829 bits per heavy atom. The van der Waals surface area contributed by atoms with Crippen molar-refractivity contribution in [1.82, 2.24) is 4.90 Å². The van der Waals surface area contributed by atoms with Gasteiger partial charge >= 0.3 is 0 Å². The van der Waals surface area contributed by atoms with Crippen LogP contribution in [0.2, 0.25) is 13.1 Å². The average Bonchev–Trinajstić information content (AvgIpc) is 3.30. The number of carboxylic acid groups (broad SMARTS) is 2. The summed E-state index contributed by atoms with van der Waals surface area (Å²) < 4.78 is -0.737. The van der Waals surface area contributed by atoms with Gasteiger partial charge in [-0.15, -0.1) is 11.8 Å². The maximum absolute atomic E-state index is 14.3. The fraction of sp³-hybridized carbons (Fsp3) is 0.323. The van der Waals surface area contributed by atoms with Gasteiger partial charge in [0.2, 0.25) is 0 Å². The normalized spacial score (nSPS) is 17.8. The van der Waals surface area contributed by atoms with E-state index in [0.717, 1.165) is 43.9 Å². The first-order chi connectivity index (χ1) is 19.3. The molecule has 1 unspecified atom stereocenters. The van der Waals surface area contributed by atoms with Crippen LogP contribution < -0.4 is 30.4 Å². The van der Waals surface area contributed by atoms with E-state index in [1.807, 2.05) is 45.2 Å². The summed E-state index contributed by atoms with van der Waals surface area (Å²) in [5, 5.41) is 25.6. The number of carboxylic acids is 2. The number of hydrogen-bond acceptors (Lipinski definition) is 8. The zero-order valence-corrected chi connectivity index (χ0v) is 25.9. The minimum Gasteiger partial charge on any atom is -0.548 e. The lowest BCUT2D eigenvalue weighted by molar-refractivity contribution is -0.309. The Labute approximate surface area is 245 Å². The van der Waals surface area contributed by atoms with Crippen molar-refractivity contribution in [2.24, 2.45) is 0 Å². The van der Waals surface area contributed by atoms with E-state index >= 15 is 0 Å². The van der Waals surface area contributed by atoms with Gasteiger partial charge in [0, 0.05) is 50.9 Å². The minimum atomic E-state index is -2.47. The highest BCUT2D eigenvalue weighted by Crippen LogP contribution is 2.58. The molecule has 0 N–H and O–H groups in total. The van der Waals surface area contributed by atoms with E-state index in [2.05, 4.69) is 54.4 Å². The Morgan fingerprint density at radius 3 is 2.05 bits per heavy atom. The fourth-order valence-corrected chi connectivity index (χ4v) is 11.3. The number of aliphatic carboxylic acids is 2. The molecule has 2 heterocycles. The predicted molar refractivity (Wildman–Crippen MR) is 162 cm³/mol. The molecule has 1 spiro atoms. The zero-order chi connectivity index (χ0) is 29.9. The number of rotatable bonds is 7. The fourth-order valence-electron chi connectivity index (χ4n) is 6.20.